The normalized spacial score (nSPS) is 10.7. The second-order valence-corrected chi connectivity index (χ2v) is 4.12. The van der Waals surface area contributed by atoms with Crippen LogP contribution in [0.1, 0.15) is 22.9 Å². The molecule has 2 rings (SSSR count). The molecule has 0 radical (unpaired) electrons. The molecule has 0 aliphatic carbocycles. The van der Waals surface area contributed by atoms with Crippen LogP contribution in [0.3, 0.4) is 0 Å². The molecule has 17 heavy (non-hydrogen) atoms. The summed E-state index contributed by atoms with van der Waals surface area (Å²) in [6.45, 7) is 2.63. The van der Waals surface area contributed by atoms with Gasteiger partial charge >= 0.3 is 0 Å². The van der Waals surface area contributed by atoms with Gasteiger partial charge in [-0.2, -0.15) is 0 Å². The van der Waals surface area contributed by atoms with Crippen molar-refractivity contribution in [2.75, 3.05) is 6.54 Å². The fourth-order valence-corrected chi connectivity index (χ4v) is 1.73. The molecule has 1 aromatic heterocycles. The number of nitrogens with zero attached hydrogens (tertiary/aromatic N) is 2. The van der Waals surface area contributed by atoms with Crippen LogP contribution in [0.15, 0.2) is 28.7 Å². The van der Waals surface area contributed by atoms with Crippen molar-refractivity contribution in [2.24, 2.45) is 5.73 Å². The first-order chi connectivity index (χ1) is 8.28. The second kappa shape index (κ2) is 5.59. The summed E-state index contributed by atoms with van der Waals surface area (Å²) in [6, 6.07) is 8.45. The first kappa shape index (κ1) is 11.8. The zero-order valence-electron chi connectivity index (χ0n) is 10.0. The summed E-state index contributed by atoms with van der Waals surface area (Å²) >= 11 is 0. The van der Waals surface area contributed by atoms with E-state index in [9.17, 15) is 0 Å². The standard InChI is InChI=1S/C13H17N3O/c1-10-3-2-4-11(9-10)5-6-12-15-16-13(17-12)7-8-14/h2-4,9H,5-8,14H2,1H3. The first-order valence-corrected chi connectivity index (χ1v) is 5.85. The Balaban J connectivity index is 1.93. The third-order valence-electron chi connectivity index (χ3n) is 2.58. The van der Waals surface area contributed by atoms with Gasteiger partial charge in [0.15, 0.2) is 0 Å². The number of aromatic nitrogens is 2. The highest BCUT2D eigenvalue weighted by atomic mass is 16.4. The SMILES string of the molecule is Cc1cccc(CCc2nnc(CCN)o2)c1. The predicted octanol–water partition coefficient (Wildman–Crippen LogP) is 1.66. The number of nitrogens with two attached hydrogens (primary N) is 1. The van der Waals surface area contributed by atoms with Crippen LogP contribution < -0.4 is 5.73 Å². The van der Waals surface area contributed by atoms with E-state index >= 15 is 0 Å². The molecular weight excluding hydrogens is 214 g/mol. The Morgan fingerprint density at radius 3 is 2.59 bits per heavy atom. The quantitative estimate of drug-likeness (QED) is 0.850. The third kappa shape index (κ3) is 3.39. The Labute approximate surface area is 101 Å². The monoisotopic (exact) mass is 231 g/mol. The Morgan fingerprint density at radius 2 is 1.88 bits per heavy atom. The minimum Gasteiger partial charge on any atom is -0.425 e. The van der Waals surface area contributed by atoms with Crippen LogP contribution in [0.25, 0.3) is 0 Å². The van der Waals surface area contributed by atoms with Crippen molar-refractivity contribution in [3.05, 3.63) is 47.2 Å². The summed E-state index contributed by atoms with van der Waals surface area (Å²) in [7, 11) is 0. The van der Waals surface area contributed by atoms with Gasteiger partial charge in [-0.3, -0.25) is 0 Å². The fourth-order valence-electron chi connectivity index (χ4n) is 1.73. The molecule has 0 aliphatic rings. The van der Waals surface area contributed by atoms with E-state index in [0.29, 0.717) is 24.7 Å². The lowest BCUT2D eigenvalue weighted by atomic mass is 10.1. The van der Waals surface area contributed by atoms with Crippen molar-refractivity contribution >= 4 is 0 Å². The molecular formula is C13H17N3O. The molecule has 0 spiro atoms. The smallest absolute Gasteiger partial charge is 0.217 e. The molecule has 0 saturated carbocycles. The molecule has 0 saturated heterocycles. The Hall–Kier alpha value is -1.68. The van der Waals surface area contributed by atoms with Crippen LogP contribution in [-0.4, -0.2) is 16.7 Å². The first-order valence-electron chi connectivity index (χ1n) is 5.85. The van der Waals surface area contributed by atoms with E-state index in [0.717, 1.165) is 12.8 Å². The van der Waals surface area contributed by atoms with E-state index in [1.54, 1.807) is 0 Å². The molecule has 0 bridgehead atoms. The van der Waals surface area contributed by atoms with E-state index in [1.165, 1.54) is 11.1 Å². The van der Waals surface area contributed by atoms with Crippen LogP contribution in [0.5, 0.6) is 0 Å². The molecule has 90 valence electrons. The van der Waals surface area contributed by atoms with E-state index in [4.69, 9.17) is 10.2 Å². The molecule has 1 aromatic carbocycles. The summed E-state index contributed by atoms with van der Waals surface area (Å²) in [5.74, 6) is 1.32. The van der Waals surface area contributed by atoms with Gasteiger partial charge in [0, 0.05) is 19.4 Å². The molecule has 2 N–H and O–H groups in total. The molecule has 0 atom stereocenters. The fraction of sp³-hybridized carbons (Fsp3) is 0.385. The van der Waals surface area contributed by atoms with Crippen molar-refractivity contribution in [1.29, 1.82) is 0 Å². The van der Waals surface area contributed by atoms with Gasteiger partial charge in [-0.15, -0.1) is 10.2 Å². The van der Waals surface area contributed by atoms with Gasteiger partial charge in [0.25, 0.3) is 0 Å². The average Bonchev–Trinajstić information content (AvgIpc) is 2.75. The van der Waals surface area contributed by atoms with Crippen molar-refractivity contribution in [3.63, 3.8) is 0 Å². The Bertz CT molecular complexity index is 479. The lowest BCUT2D eigenvalue weighted by Crippen LogP contribution is -2.02. The highest BCUT2D eigenvalue weighted by Gasteiger charge is 2.05. The van der Waals surface area contributed by atoms with Gasteiger partial charge in [0.05, 0.1) is 0 Å². The summed E-state index contributed by atoms with van der Waals surface area (Å²) in [6.07, 6.45) is 2.35. The van der Waals surface area contributed by atoms with Crippen molar-refractivity contribution in [2.45, 2.75) is 26.2 Å². The van der Waals surface area contributed by atoms with E-state index in [2.05, 4.69) is 41.4 Å². The molecule has 0 fully saturated rings. The summed E-state index contributed by atoms with van der Waals surface area (Å²) in [5, 5.41) is 7.94. The summed E-state index contributed by atoms with van der Waals surface area (Å²) < 4.78 is 5.47. The van der Waals surface area contributed by atoms with E-state index < -0.39 is 0 Å². The summed E-state index contributed by atoms with van der Waals surface area (Å²) in [4.78, 5) is 0. The van der Waals surface area contributed by atoms with Gasteiger partial charge in [0.1, 0.15) is 0 Å². The van der Waals surface area contributed by atoms with Crippen LogP contribution in [0.2, 0.25) is 0 Å². The van der Waals surface area contributed by atoms with Gasteiger partial charge in [0.2, 0.25) is 11.8 Å². The molecule has 1 heterocycles. The second-order valence-electron chi connectivity index (χ2n) is 4.12. The number of aryl methyl sites for hydroxylation is 3. The average molecular weight is 231 g/mol. The highest BCUT2D eigenvalue weighted by Crippen LogP contribution is 2.08. The van der Waals surface area contributed by atoms with Gasteiger partial charge in [-0.25, -0.2) is 0 Å². The van der Waals surface area contributed by atoms with Crippen molar-refractivity contribution in [3.8, 4) is 0 Å². The highest BCUT2D eigenvalue weighted by molar-refractivity contribution is 5.22. The predicted molar refractivity (Wildman–Crippen MR) is 65.6 cm³/mol. The lowest BCUT2D eigenvalue weighted by Gasteiger charge is -1.99. The maximum Gasteiger partial charge on any atom is 0.217 e. The third-order valence-corrected chi connectivity index (χ3v) is 2.58. The molecule has 0 amide bonds. The molecule has 4 nitrogen and oxygen atoms in total. The maximum atomic E-state index is 5.47. The molecule has 2 aromatic rings. The van der Waals surface area contributed by atoms with Gasteiger partial charge in [-0.1, -0.05) is 29.8 Å². The minimum absolute atomic E-state index is 0.541. The Kier molecular flexibility index (Phi) is 3.88. The van der Waals surface area contributed by atoms with Crippen LogP contribution in [0.4, 0.5) is 0 Å². The van der Waals surface area contributed by atoms with Gasteiger partial charge < -0.3 is 10.2 Å². The zero-order valence-corrected chi connectivity index (χ0v) is 10.0. The lowest BCUT2D eigenvalue weighted by molar-refractivity contribution is 0.449. The largest absolute Gasteiger partial charge is 0.425 e. The van der Waals surface area contributed by atoms with Gasteiger partial charge in [-0.05, 0) is 18.9 Å². The Morgan fingerprint density at radius 1 is 1.12 bits per heavy atom. The molecule has 4 heteroatoms. The molecule has 0 aliphatic heterocycles. The molecule has 0 unspecified atom stereocenters. The summed E-state index contributed by atoms with van der Waals surface area (Å²) in [5.41, 5.74) is 7.99. The maximum absolute atomic E-state index is 5.47. The number of rotatable bonds is 5. The zero-order chi connectivity index (χ0) is 12.1. The van der Waals surface area contributed by atoms with E-state index in [1.807, 2.05) is 0 Å². The number of hydrogen-bond acceptors (Lipinski definition) is 4. The van der Waals surface area contributed by atoms with Crippen LogP contribution >= 0.6 is 0 Å². The number of hydrogen-bond donors (Lipinski definition) is 1. The number of benzene rings is 1. The van der Waals surface area contributed by atoms with Crippen LogP contribution in [0, 0.1) is 6.92 Å². The van der Waals surface area contributed by atoms with Crippen molar-refractivity contribution < 1.29 is 4.42 Å². The van der Waals surface area contributed by atoms with Crippen molar-refractivity contribution in [1.82, 2.24) is 10.2 Å². The topological polar surface area (TPSA) is 64.9 Å². The van der Waals surface area contributed by atoms with E-state index in [-0.39, 0.29) is 0 Å². The van der Waals surface area contributed by atoms with Crippen LogP contribution in [-0.2, 0) is 19.3 Å². The minimum atomic E-state index is 0.541.